The maximum atomic E-state index is 10.8. The highest BCUT2D eigenvalue weighted by atomic mass is 35.5. The van der Waals surface area contributed by atoms with Crippen LogP contribution in [-0.2, 0) is 4.79 Å². The fraction of sp³-hybridized carbons (Fsp3) is 0.250. The Morgan fingerprint density at radius 1 is 1.33 bits per heavy atom. The lowest BCUT2D eigenvalue weighted by molar-refractivity contribution is -0.131. The molecule has 0 fully saturated rings. The molecule has 0 spiro atoms. The molecule has 0 atom stereocenters. The van der Waals surface area contributed by atoms with Crippen molar-refractivity contribution in [2.75, 3.05) is 5.73 Å². The SMILES string of the molecule is CC(C)C(=CC(=O)O)c1c(Cl)cc(Cl)c(N)c1Cl. The van der Waals surface area contributed by atoms with Crippen molar-refractivity contribution >= 4 is 52.0 Å². The first-order valence-corrected chi connectivity index (χ1v) is 6.27. The molecule has 0 unspecified atom stereocenters. The van der Waals surface area contributed by atoms with Gasteiger partial charge in [0.25, 0.3) is 0 Å². The number of aliphatic carboxylic acids is 1. The van der Waals surface area contributed by atoms with Crippen LogP contribution in [0, 0.1) is 5.92 Å². The number of nitrogen functional groups attached to an aromatic ring is 1. The van der Waals surface area contributed by atoms with Gasteiger partial charge in [-0.3, -0.25) is 0 Å². The Hall–Kier alpha value is -0.900. The van der Waals surface area contributed by atoms with E-state index in [0.29, 0.717) is 11.1 Å². The van der Waals surface area contributed by atoms with E-state index < -0.39 is 5.97 Å². The maximum absolute atomic E-state index is 10.8. The summed E-state index contributed by atoms with van der Waals surface area (Å²) in [4.78, 5) is 10.8. The summed E-state index contributed by atoms with van der Waals surface area (Å²) in [6.45, 7) is 3.68. The lowest BCUT2D eigenvalue weighted by Crippen LogP contribution is -2.02. The van der Waals surface area contributed by atoms with Crippen molar-refractivity contribution in [1.82, 2.24) is 0 Å². The average molecular weight is 309 g/mol. The van der Waals surface area contributed by atoms with Crippen molar-refractivity contribution in [3.63, 3.8) is 0 Å². The van der Waals surface area contributed by atoms with E-state index in [-0.39, 0.29) is 26.7 Å². The van der Waals surface area contributed by atoms with Gasteiger partial charge in [-0.1, -0.05) is 48.7 Å². The van der Waals surface area contributed by atoms with Gasteiger partial charge in [-0.25, -0.2) is 4.79 Å². The molecule has 1 rings (SSSR count). The van der Waals surface area contributed by atoms with Crippen molar-refractivity contribution < 1.29 is 9.90 Å². The number of carboxylic acid groups (broad SMARTS) is 1. The third-order valence-corrected chi connectivity index (χ3v) is 3.40. The molecule has 3 nitrogen and oxygen atoms in total. The highest BCUT2D eigenvalue weighted by Crippen LogP contribution is 2.41. The van der Waals surface area contributed by atoms with Crippen LogP contribution in [0.2, 0.25) is 15.1 Å². The molecule has 6 heteroatoms. The second-order valence-corrected chi connectivity index (χ2v) is 5.23. The molecule has 3 N–H and O–H groups in total. The van der Waals surface area contributed by atoms with Crippen molar-refractivity contribution in [2.24, 2.45) is 5.92 Å². The number of allylic oxidation sites excluding steroid dienone is 1. The van der Waals surface area contributed by atoms with Crippen LogP contribution in [0.1, 0.15) is 19.4 Å². The van der Waals surface area contributed by atoms with E-state index in [2.05, 4.69) is 0 Å². The van der Waals surface area contributed by atoms with Gasteiger partial charge >= 0.3 is 5.97 Å². The molecule has 0 aliphatic heterocycles. The number of halogens is 3. The molecule has 0 heterocycles. The number of anilines is 1. The van der Waals surface area contributed by atoms with Gasteiger partial charge in [-0.05, 0) is 17.6 Å². The van der Waals surface area contributed by atoms with Gasteiger partial charge in [0.2, 0.25) is 0 Å². The lowest BCUT2D eigenvalue weighted by atomic mass is 9.94. The van der Waals surface area contributed by atoms with Crippen molar-refractivity contribution in [1.29, 1.82) is 0 Å². The summed E-state index contributed by atoms with van der Waals surface area (Å²) in [5.74, 6) is -1.14. The topological polar surface area (TPSA) is 63.3 Å². The van der Waals surface area contributed by atoms with E-state index in [1.165, 1.54) is 6.07 Å². The molecule has 98 valence electrons. The van der Waals surface area contributed by atoms with Crippen LogP contribution in [0.25, 0.3) is 5.57 Å². The van der Waals surface area contributed by atoms with E-state index in [0.717, 1.165) is 6.08 Å². The third-order valence-electron chi connectivity index (χ3n) is 2.40. The molecule has 0 radical (unpaired) electrons. The molecule has 0 saturated carbocycles. The summed E-state index contributed by atoms with van der Waals surface area (Å²) >= 11 is 18.0. The summed E-state index contributed by atoms with van der Waals surface area (Å²) in [6.07, 6.45) is 1.07. The number of nitrogens with two attached hydrogens (primary N) is 1. The van der Waals surface area contributed by atoms with E-state index in [1.54, 1.807) is 0 Å². The van der Waals surface area contributed by atoms with E-state index in [9.17, 15) is 4.79 Å². The number of hydrogen-bond donors (Lipinski definition) is 2. The van der Waals surface area contributed by atoms with Crippen LogP contribution in [0.3, 0.4) is 0 Å². The minimum absolute atomic E-state index is 0.0725. The zero-order valence-corrected chi connectivity index (χ0v) is 12.1. The Bertz CT molecular complexity index is 525. The largest absolute Gasteiger partial charge is 0.478 e. The van der Waals surface area contributed by atoms with E-state index in [1.807, 2.05) is 13.8 Å². The van der Waals surface area contributed by atoms with Crippen molar-refractivity contribution in [3.8, 4) is 0 Å². The monoisotopic (exact) mass is 307 g/mol. The van der Waals surface area contributed by atoms with Gasteiger partial charge in [-0.15, -0.1) is 0 Å². The highest BCUT2D eigenvalue weighted by molar-refractivity contribution is 6.43. The van der Waals surface area contributed by atoms with E-state index >= 15 is 0 Å². The molecule has 18 heavy (non-hydrogen) atoms. The smallest absolute Gasteiger partial charge is 0.328 e. The molecule has 1 aromatic carbocycles. The maximum Gasteiger partial charge on any atom is 0.328 e. The number of carboxylic acids is 1. The number of carbonyl (C=O) groups is 1. The molecule has 0 bridgehead atoms. The Balaban J connectivity index is 3.57. The third kappa shape index (κ3) is 3.10. The quantitative estimate of drug-likeness (QED) is 0.644. The minimum Gasteiger partial charge on any atom is -0.478 e. The molecule has 0 saturated heterocycles. The predicted octanol–water partition coefficient (Wildman–Crippen LogP) is 4.35. The first-order chi connectivity index (χ1) is 8.25. The van der Waals surface area contributed by atoms with E-state index in [4.69, 9.17) is 45.6 Å². The first-order valence-electron chi connectivity index (χ1n) is 5.13. The Morgan fingerprint density at radius 3 is 2.33 bits per heavy atom. The van der Waals surface area contributed by atoms with Crippen LogP contribution in [0.4, 0.5) is 5.69 Å². The van der Waals surface area contributed by atoms with Crippen LogP contribution in [-0.4, -0.2) is 11.1 Å². The predicted molar refractivity (Wildman–Crippen MR) is 76.3 cm³/mol. The zero-order chi connectivity index (χ0) is 14.0. The fourth-order valence-electron chi connectivity index (χ4n) is 1.53. The van der Waals surface area contributed by atoms with Gasteiger partial charge in [0.15, 0.2) is 0 Å². The van der Waals surface area contributed by atoms with Gasteiger partial charge in [0, 0.05) is 11.6 Å². The van der Waals surface area contributed by atoms with Crippen LogP contribution >= 0.6 is 34.8 Å². The molecule has 1 aromatic rings. The van der Waals surface area contributed by atoms with Crippen LogP contribution in [0.15, 0.2) is 12.1 Å². The second kappa shape index (κ2) is 5.83. The fourth-order valence-corrected chi connectivity index (χ4v) is 2.51. The molecule has 0 aliphatic rings. The lowest BCUT2D eigenvalue weighted by Gasteiger charge is -2.16. The van der Waals surface area contributed by atoms with Crippen molar-refractivity contribution in [2.45, 2.75) is 13.8 Å². The highest BCUT2D eigenvalue weighted by Gasteiger charge is 2.19. The first kappa shape index (κ1) is 15.2. The average Bonchev–Trinajstić information content (AvgIpc) is 2.24. The summed E-state index contributed by atoms with van der Waals surface area (Å²) < 4.78 is 0. The van der Waals surface area contributed by atoms with Gasteiger partial charge < -0.3 is 10.8 Å². The number of rotatable bonds is 3. The normalized spacial score (nSPS) is 12.0. The van der Waals surface area contributed by atoms with Gasteiger partial charge in [0.05, 0.1) is 20.8 Å². The zero-order valence-electron chi connectivity index (χ0n) is 9.80. The Morgan fingerprint density at radius 2 is 1.89 bits per heavy atom. The molecular formula is C12H12Cl3NO2. The summed E-state index contributed by atoms with van der Waals surface area (Å²) in [7, 11) is 0. The summed E-state index contributed by atoms with van der Waals surface area (Å²) in [6, 6.07) is 1.46. The number of hydrogen-bond acceptors (Lipinski definition) is 2. The minimum atomic E-state index is -1.07. The second-order valence-electron chi connectivity index (χ2n) is 4.04. The Kier molecular flexibility index (Phi) is 4.91. The Labute approximate surface area is 120 Å². The van der Waals surface area contributed by atoms with Crippen LogP contribution < -0.4 is 5.73 Å². The summed E-state index contributed by atoms with van der Waals surface area (Å²) in [5, 5.41) is 9.58. The van der Waals surface area contributed by atoms with Gasteiger partial charge in [0.1, 0.15) is 0 Å². The molecular weight excluding hydrogens is 296 g/mol. The van der Waals surface area contributed by atoms with Crippen molar-refractivity contribution in [3.05, 3.63) is 32.8 Å². The number of benzene rings is 1. The van der Waals surface area contributed by atoms with Gasteiger partial charge in [-0.2, -0.15) is 0 Å². The molecule has 0 amide bonds. The molecule has 0 aliphatic carbocycles. The standard InChI is InChI=1S/C12H12Cl3NO2/c1-5(2)6(3-9(17)18)10-7(13)4-8(14)12(16)11(10)15/h3-5H,16H2,1-2H3,(H,17,18). The summed E-state index contributed by atoms with van der Waals surface area (Å²) in [5.41, 5.74) is 6.83. The van der Waals surface area contributed by atoms with Crippen LogP contribution in [0.5, 0.6) is 0 Å². The molecule has 0 aromatic heterocycles.